The van der Waals surface area contributed by atoms with E-state index in [1.54, 1.807) is 12.1 Å². The summed E-state index contributed by atoms with van der Waals surface area (Å²) in [4.78, 5) is 2.65. The van der Waals surface area contributed by atoms with E-state index < -0.39 is 10.0 Å². The van der Waals surface area contributed by atoms with Crippen LogP contribution in [0.15, 0.2) is 53.4 Å². The van der Waals surface area contributed by atoms with Gasteiger partial charge in [-0.1, -0.05) is 30.7 Å². The number of rotatable bonds is 4. The molecule has 2 aliphatic rings. The van der Waals surface area contributed by atoms with E-state index in [0.29, 0.717) is 11.8 Å². The average molecular weight is 372 g/mol. The average Bonchev–Trinajstić information content (AvgIpc) is 3.01. The second kappa shape index (κ2) is 7.02. The third-order valence-corrected chi connectivity index (χ3v) is 6.34. The van der Waals surface area contributed by atoms with Crippen molar-refractivity contribution in [2.45, 2.75) is 42.7 Å². The number of nitrogens with two attached hydrogens (primary N) is 1. The van der Waals surface area contributed by atoms with Crippen molar-refractivity contribution in [2.24, 2.45) is 5.14 Å². The van der Waals surface area contributed by atoms with Gasteiger partial charge in [0.05, 0.1) is 10.9 Å². The van der Waals surface area contributed by atoms with Gasteiger partial charge in [-0.05, 0) is 67.7 Å². The van der Waals surface area contributed by atoms with Gasteiger partial charge in [-0.3, -0.25) is 4.90 Å². The van der Waals surface area contributed by atoms with Gasteiger partial charge in [-0.15, -0.1) is 0 Å². The first kappa shape index (κ1) is 17.5. The van der Waals surface area contributed by atoms with Crippen LogP contribution in [0.3, 0.4) is 0 Å². The van der Waals surface area contributed by atoms with Gasteiger partial charge in [0, 0.05) is 0 Å². The van der Waals surface area contributed by atoms with Crippen LogP contribution in [0.4, 0.5) is 0 Å². The number of fused-ring (bicyclic) bond motifs is 1. The van der Waals surface area contributed by atoms with E-state index in [0.717, 1.165) is 19.5 Å². The normalized spacial score (nSPS) is 23.6. The molecule has 0 unspecified atom stereocenters. The molecule has 26 heavy (non-hydrogen) atoms. The van der Waals surface area contributed by atoms with E-state index in [2.05, 4.69) is 29.2 Å². The Kier molecular flexibility index (Phi) is 4.73. The minimum atomic E-state index is -3.69. The summed E-state index contributed by atoms with van der Waals surface area (Å²) >= 11 is 0. The van der Waals surface area contributed by atoms with Crippen molar-refractivity contribution in [3.63, 3.8) is 0 Å². The number of benzene rings is 2. The van der Waals surface area contributed by atoms with Gasteiger partial charge in [0.15, 0.2) is 0 Å². The fraction of sp³-hybridized carbons (Fsp3) is 0.400. The van der Waals surface area contributed by atoms with E-state index in [9.17, 15) is 8.42 Å². The summed E-state index contributed by atoms with van der Waals surface area (Å²) in [5.74, 6) is 0.668. The molecule has 0 aromatic heterocycles. The van der Waals surface area contributed by atoms with E-state index in [-0.39, 0.29) is 11.0 Å². The van der Waals surface area contributed by atoms with E-state index >= 15 is 0 Å². The summed E-state index contributed by atoms with van der Waals surface area (Å²) in [5, 5.41) is 5.18. The van der Waals surface area contributed by atoms with Crippen LogP contribution in [0.25, 0.3) is 0 Å². The van der Waals surface area contributed by atoms with Crippen LogP contribution in [0.2, 0.25) is 0 Å². The molecule has 4 rings (SSSR count). The van der Waals surface area contributed by atoms with Crippen LogP contribution in [-0.4, -0.2) is 32.4 Å². The molecular formula is C20H24N2O3S. The van der Waals surface area contributed by atoms with Crippen LogP contribution < -0.4 is 9.88 Å². The summed E-state index contributed by atoms with van der Waals surface area (Å²) < 4.78 is 29.2. The molecule has 2 atom stereocenters. The fourth-order valence-electron chi connectivity index (χ4n) is 4.10. The molecule has 2 aromatic carbocycles. The second-order valence-corrected chi connectivity index (χ2v) is 8.68. The molecule has 0 bridgehead atoms. The zero-order valence-electron chi connectivity index (χ0n) is 14.7. The predicted octanol–water partition coefficient (Wildman–Crippen LogP) is 2.86. The molecule has 1 fully saturated rings. The Labute approximate surface area is 154 Å². The molecule has 1 saturated heterocycles. The molecule has 1 aliphatic carbocycles. The molecule has 6 heteroatoms. The highest BCUT2D eigenvalue weighted by atomic mass is 32.2. The van der Waals surface area contributed by atoms with Gasteiger partial charge < -0.3 is 4.74 Å². The van der Waals surface area contributed by atoms with Gasteiger partial charge in [-0.25, -0.2) is 13.6 Å². The first-order valence-electron chi connectivity index (χ1n) is 9.14. The summed E-state index contributed by atoms with van der Waals surface area (Å²) in [6.45, 7) is 2.23. The van der Waals surface area contributed by atoms with Crippen molar-refractivity contribution >= 4 is 10.0 Å². The summed E-state index contributed by atoms with van der Waals surface area (Å²) in [7, 11) is -3.69. The summed E-state index contributed by atoms with van der Waals surface area (Å²) in [6, 6.07) is 15.2. The highest BCUT2D eigenvalue weighted by Gasteiger charge is 2.38. The van der Waals surface area contributed by atoms with Gasteiger partial charge >= 0.3 is 0 Å². The predicted molar refractivity (Wildman–Crippen MR) is 101 cm³/mol. The number of primary sulfonamides is 1. The first-order chi connectivity index (χ1) is 12.5. The molecule has 5 nitrogen and oxygen atoms in total. The molecule has 2 aromatic rings. The van der Waals surface area contributed by atoms with Crippen LogP contribution >= 0.6 is 0 Å². The third kappa shape index (κ3) is 3.49. The highest BCUT2D eigenvalue weighted by molar-refractivity contribution is 7.89. The lowest BCUT2D eigenvalue weighted by molar-refractivity contribution is 0.0647. The molecule has 2 N–H and O–H groups in total. The lowest BCUT2D eigenvalue weighted by Gasteiger charge is -2.35. The zero-order chi connectivity index (χ0) is 18.1. The van der Waals surface area contributed by atoms with Crippen LogP contribution in [0.5, 0.6) is 5.75 Å². The monoisotopic (exact) mass is 372 g/mol. The Bertz CT molecular complexity index is 874. The summed E-state index contributed by atoms with van der Waals surface area (Å²) in [6.07, 6.45) is 4.74. The molecule has 0 amide bonds. The topological polar surface area (TPSA) is 72.6 Å². The lowest BCUT2D eigenvalue weighted by Crippen LogP contribution is -2.43. The molecular weight excluding hydrogens is 348 g/mol. The molecule has 1 aliphatic heterocycles. The fourth-order valence-corrected chi connectivity index (χ4v) is 4.62. The number of nitrogens with zero attached hydrogens (tertiary/aromatic N) is 1. The largest absolute Gasteiger partial charge is 0.484 e. The van der Waals surface area contributed by atoms with Crippen molar-refractivity contribution < 1.29 is 13.2 Å². The Morgan fingerprint density at radius 2 is 1.65 bits per heavy atom. The number of ether oxygens (including phenoxy) is 1. The van der Waals surface area contributed by atoms with Crippen LogP contribution in [-0.2, 0) is 16.4 Å². The Morgan fingerprint density at radius 1 is 0.962 bits per heavy atom. The van der Waals surface area contributed by atoms with Gasteiger partial charge in [0.2, 0.25) is 10.0 Å². The Morgan fingerprint density at radius 3 is 2.35 bits per heavy atom. The smallest absolute Gasteiger partial charge is 0.238 e. The van der Waals surface area contributed by atoms with E-state index in [1.807, 2.05) is 0 Å². The number of piperidine rings is 1. The summed E-state index contributed by atoms with van der Waals surface area (Å²) in [5.41, 5.74) is 2.58. The Hall–Kier alpha value is -1.89. The number of sulfonamides is 1. The zero-order valence-corrected chi connectivity index (χ0v) is 15.5. The molecule has 0 spiro atoms. The molecule has 0 radical (unpaired) electrons. The quantitative estimate of drug-likeness (QED) is 0.896. The van der Waals surface area contributed by atoms with E-state index in [4.69, 9.17) is 9.88 Å². The van der Waals surface area contributed by atoms with Gasteiger partial charge in [-0.2, -0.15) is 0 Å². The number of hydrogen-bond donors (Lipinski definition) is 1. The highest BCUT2D eigenvalue weighted by Crippen LogP contribution is 2.38. The molecule has 138 valence electrons. The number of likely N-dealkylation sites (tertiary alicyclic amines) is 1. The minimum Gasteiger partial charge on any atom is -0.484 e. The van der Waals surface area contributed by atoms with Gasteiger partial charge in [0.25, 0.3) is 0 Å². The van der Waals surface area contributed by atoms with Crippen molar-refractivity contribution in [2.75, 3.05) is 13.1 Å². The van der Waals surface area contributed by atoms with Crippen molar-refractivity contribution in [1.29, 1.82) is 0 Å². The SMILES string of the molecule is NS(=O)(=O)c1ccc(O[C@H]2c3ccccc3C[C@@H]2N2CCCCC2)cc1. The second-order valence-electron chi connectivity index (χ2n) is 7.12. The maximum atomic E-state index is 11.4. The standard InChI is InChI=1S/C20H24N2O3S/c21-26(23,24)17-10-8-16(9-11-17)25-20-18-7-3-2-6-15(18)14-19(20)22-12-4-1-5-13-22/h2-3,6-11,19-20H,1,4-5,12-14H2,(H2,21,23,24)/t19-,20-/m0/s1. The third-order valence-electron chi connectivity index (χ3n) is 5.42. The number of hydrogen-bond acceptors (Lipinski definition) is 4. The van der Waals surface area contributed by atoms with Crippen LogP contribution in [0, 0.1) is 0 Å². The molecule has 1 heterocycles. The van der Waals surface area contributed by atoms with Crippen molar-refractivity contribution in [3.8, 4) is 5.75 Å². The maximum Gasteiger partial charge on any atom is 0.238 e. The Balaban J connectivity index is 1.60. The maximum absolute atomic E-state index is 11.4. The van der Waals surface area contributed by atoms with Crippen molar-refractivity contribution in [3.05, 3.63) is 59.7 Å². The van der Waals surface area contributed by atoms with Crippen molar-refractivity contribution in [1.82, 2.24) is 4.90 Å². The first-order valence-corrected chi connectivity index (χ1v) is 10.7. The van der Waals surface area contributed by atoms with Gasteiger partial charge in [0.1, 0.15) is 11.9 Å². The van der Waals surface area contributed by atoms with E-state index in [1.165, 1.54) is 42.5 Å². The lowest BCUT2D eigenvalue weighted by atomic mass is 10.0. The minimum absolute atomic E-state index is 0.0374. The molecule has 0 saturated carbocycles. The van der Waals surface area contributed by atoms with Crippen LogP contribution in [0.1, 0.15) is 36.5 Å².